The van der Waals surface area contributed by atoms with Gasteiger partial charge in [0.15, 0.2) is 11.5 Å². The van der Waals surface area contributed by atoms with E-state index in [1.807, 2.05) is 0 Å². The van der Waals surface area contributed by atoms with Gasteiger partial charge in [0.05, 0.1) is 18.5 Å². The van der Waals surface area contributed by atoms with E-state index in [1.54, 1.807) is 42.5 Å². The summed E-state index contributed by atoms with van der Waals surface area (Å²) in [6.07, 6.45) is 0.0596. The molecule has 0 aromatic heterocycles. The molecule has 0 aliphatic rings. The number of carbonyl (C=O) groups excluding carboxylic acids is 1. The van der Waals surface area contributed by atoms with Crippen LogP contribution in [-0.2, 0) is 4.79 Å². The summed E-state index contributed by atoms with van der Waals surface area (Å²) in [5, 5.41) is 13.8. The van der Waals surface area contributed by atoms with Gasteiger partial charge in [-0.25, -0.2) is 0 Å². The van der Waals surface area contributed by atoms with E-state index in [0.717, 1.165) is 0 Å². The lowest BCUT2D eigenvalue weighted by Gasteiger charge is -2.09. The van der Waals surface area contributed by atoms with Crippen molar-refractivity contribution >= 4 is 17.3 Å². The molecule has 1 N–H and O–H groups in total. The van der Waals surface area contributed by atoms with Crippen LogP contribution in [0.1, 0.15) is 6.42 Å². The van der Waals surface area contributed by atoms with Crippen LogP contribution in [-0.4, -0.2) is 24.5 Å². The molecule has 7 heteroatoms. The van der Waals surface area contributed by atoms with E-state index in [-0.39, 0.29) is 18.7 Å². The lowest BCUT2D eigenvalue weighted by molar-refractivity contribution is -0.384. The van der Waals surface area contributed by atoms with Crippen LogP contribution < -0.4 is 14.8 Å². The number of para-hydroxylation sites is 4. The standard InChI is InChI=1S/C16H16N2O5/c1-22-14-8-4-5-9-15(14)23-16(19)10-11-17-12-6-2-3-7-13(12)18(20)21/h2-9,17H,10-11H2,1H3. The summed E-state index contributed by atoms with van der Waals surface area (Å²) in [6, 6.07) is 13.1. The zero-order valence-corrected chi connectivity index (χ0v) is 12.5. The molecule has 0 aliphatic carbocycles. The number of rotatable bonds is 7. The van der Waals surface area contributed by atoms with Gasteiger partial charge in [-0.2, -0.15) is 0 Å². The van der Waals surface area contributed by atoms with Crippen LogP contribution in [0.4, 0.5) is 11.4 Å². The molecule has 0 heterocycles. The van der Waals surface area contributed by atoms with Crippen molar-refractivity contribution < 1.29 is 19.2 Å². The predicted octanol–water partition coefficient (Wildman–Crippen LogP) is 3.01. The van der Waals surface area contributed by atoms with Crippen LogP contribution in [0.25, 0.3) is 0 Å². The summed E-state index contributed by atoms with van der Waals surface area (Å²) in [5.41, 5.74) is 0.327. The minimum atomic E-state index is -0.477. The fraction of sp³-hybridized carbons (Fsp3) is 0.188. The van der Waals surface area contributed by atoms with Crippen molar-refractivity contribution in [3.05, 3.63) is 58.6 Å². The molecule has 2 aromatic rings. The topological polar surface area (TPSA) is 90.7 Å². The lowest BCUT2D eigenvalue weighted by Crippen LogP contribution is -2.14. The summed E-state index contributed by atoms with van der Waals surface area (Å²) < 4.78 is 10.3. The Morgan fingerprint density at radius 2 is 1.78 bits per heavy atom. The zero-order chi connectivity index (χ0) is 16.7. The summed E-state index contributed by atoms with van der Waals surface area (Å²) in [5.74, 6) is 0.346. The lowest BCUT2D eigenvalue weighted by atomic mass is 10.2. The van der Waals surface area contributed by atoms with E-state index >= 15 is 0 Å². The third-order valence-corrected chi connectivity index (χ3v) is 3.04. The van der Waals surface area contributed by atoms with Gasteiger partial charge in [0, 0.05) is 12.6 Å². The average molecular weight is 316 g/mol. The Morgan fingerprint density at radius 3 is 2.48 bits per heavy atom. The minimum absolute atomic E-state index is 0.0365. The summed E-state index contributed by atoms with van der Waals surface area (Å²) in [4.78, 5) is 22.3. The Kier molecular flexibility index (Phi) is 5.51. The number of ether oxygens (including phenoxy) is 2. The normalized spacial score (nSPS) is 9.96. The Morgan fingerprint density at radius 1 is 1.13 bits per heavy atom. The Balaban J connectivity index is 1.89. The van der Waals surface area contributed by atoms with E-state index in [4.69, 9.17) is 9.47 Å². The molecule has 23 heavy (non-hydrogen) atoms. The second-order valence-electron chi connectivity index (χ2n) is 4.58. The molecule has 0 unspecified atom stereocenters. The van der Waals surface area contributed by atoms with Crippen LogP contribution in [0.15, 0.2) is 48.5 Å². The van der Waals surface area contributed by atoms with Crippen LogP contribution in [0.2, 0.25) is 0 Å². The number of nitrogens with zero attached hydrogens (tertiary/aromatic N) is 1. The number of nitrogens with one attached hydrogen (secondary N) is 1. The second-order valence-corrected chi connectivity index (χ2v) is 4.58. The largest absolute Gasteiger partial charge is 0.493 e. The SMILES string of the molecule is COc1ccccc1OC(=O)CCNc1ccccc1[N+](=O)[O-]. The van der Waals surface area contributed by atoms with Gasteiger partial charge in [-0.3, -0.25) is 14.9 Å². The third-order valence-electron chi connectivity index (χ3n) is 3.04. The van der Waals surface area contributed by atoms with Crippen molar-refractivity contribution in [2.45, 2.75) is 6.42 Å². The smallest absolute Gasteiger partial charge is 0.313 e. The summed E-state index contributed by atoms with van der Waals surface area (Å²) >= 11 is 0. The number of methoxy groups -OCH3 is 1. The Bertz CT molecular complexity index is 702. The first-order valence-corrected chi connectivity index (χ1v) is 6.93. The number of nitro benzene ring substituents is 1. The molecule has 0 saturated heterocycles. The molecule has 0 saturated carbocycles. The molecule has 0 fully saturated rings. The fourth-order valence-electron chi connectivity index (χ4n) is 1.96. The zero-order valence-electron chi connectivity index (χ0n) is 12.5. The van der Waals surface area contributed by atoms with Crippen molar-refractivity contribution in [2.75, 3.05) is 19.0 Å². The van der Waals surface area contributed by atoms with Crippen molar-refractivity contribution in [3.63, 3.8) is 0 Å². The Hall–Kier alpha value is -3.09. The van der Waals surface area contributed by atoms with E-state index in [9.17, 15) is 14.9 Å². The van der Waals surface area contributed by atoms with Gasteiger partial charge in [0.2, 0.25) is 0 Å². The highest BCUT2D eigenvalue weighted by Crippen LogP contribution is 2.26. The summed E-state index contributed by atoms with van der Waals surface area (Å²) in [6.45, 7) is 0.221. The molecular formula is C16H16N2O5. The number of anilines is 1. The Labute approximate surface area is 133 Å². The molecular weight excluding hydrogens is 300 g/mol. The quantitative estimate of drug-likeness (QED) is 0.365. The highest BCUT2D eigenvalue weighted by atomic mass is 16.6. The number of hydrogen-bond acceptors (Lipinski definition) is 6. The molecule has 0 spiro atoms. The van der Waals surface area contributed by atoms with Gasteiger partial charge in [0.1, 0.15) is 5.69 Å². The molecule has 0 radical (unpaired) electrons. The summed E-state index contributed by atoms with van der Waals surface area (Å²) in [7, 11) is 1.49. The van der Waals surface area contributed by atoms with Gasteiger partial charge < -0.3 is 14.8 Å². The molecule has 7 nitrogen and oxygen atoms in total. The van der Waals surface area contributed by atoms with E-state index in [1.165, 1.54) is 13.2 Å². The van der Waals surface area contributed by atoms with Crippen LogP contribution in [0, 0.1) is 10.1 Å². The van der Waals surface area contributed by atoms with Gasteiger partial charge >= 0.3 is 5.97 Å². The van der Waals surface area contributed by atoms with Gasteiger partial charge in [0.25, 0.3) is 5.69 Å². The van der Waals surface area contributed by atoms with Crippen molar-refractivity contribution in [3.8, 4) is 11.5 Å². The van der Waals surface area contributed by atoms with Crippen molar-refractivity contribution in [1.29, 1.82) is 0 Å². The first kappa shape index (κ1) is 16.3. The molecule has 0 atom stereocenters. The maximum atomic E-state index is 11.8. The second kappa shape index (κ2) is 7.79. The molecule has 2 rings (SSSR count). The van der Waals surface area contributed by atoms with Crippen LogP contribution in [0.5, 0.6) is 11.5 Å². The van der Waals surface area contributed by atoms with Gasteiger partial charge in [-0.15, -0.1) is 0 Å². The van der Waals surface area contributed by atoms with Crippen molar-refractivity contribution in [2.24, 2.45) is 0 Å². The monoisotopic (exact) mass is 316 g/mol. The maximum Gasteiger partial charge on any atom is 0.313 e. The van der Waals surface area contributed by atoms with E-state index in [2.05, 4.69) is 5.32 Å². The fourth-order valence-corrected chi connectivity index (χ4v) is 1.96. The number of benzene rings is 2. The van der Waals surface area contributed by atoms with Crippen LogP contribution >= 0.6 is 0 Å². The first-order chi connectivity index (χ1) is 11.1. The number of esters is 1. The maximum absolute atomic E-state index is 11.8. The average Bonchev–Trinajstić information content (AvgIpc) is 2.55. The molecule has 0 bridgehead atoms. The highest BCUT2D eigenvalue weighted by Gasteiger charge is 2.13. The number of hydrogen-bond donors (Lipinski definition) is 1. The first-order valence-electron chi connectivity index (χ1n) is 6.93. The van der Waals surface area contributed by atoms with Crippen molar-refractivity contribution in [1.82, 2.24) is 0 Å². The number of carbonyl (C=O) groups is 1. The van der Waals surface area contributed by atoms with E-state index < -0.39 is 10.9 Å². The number of nitro groups is 1. The molecule has 0 amide bonds. The van der Waals surface area contributed by atoms with Gasteiger partial charge in [-0.05, 0) is 18.2 Å². The van der Waals surface area contributed by atoms with Gasteiger partial charge in [-0.1, -0.05) is 24.3 Å². The van der Waals surface area contributed by atoms with E-state index in [0.29, 0.717) is 17.2 Å². The molecule has 120 valence electrons. The highest BCUT2D eigenvalue weighted by molar-refractivity contribution is 5.74. The predicted molar refractivity (Wildman–Crippen MR) is 84.8 cm³/mol. The molecule has 0 aliphatic heterocycles. The third kappa shape index (κ3) is 4.44. The minimum Gasteiger partial charge on any atom is -0.493 e. The molecule has 2 aromatic carbocycles. The van der Waals surface area contributed by atoms with Crippen LogP contribution in [0.3, 0.4) is 0 Å².